The predicted molar refractivity (Wildman–Crippen MR) is 120 cm³/mol. The maximum absolute atomic E-state index is 12.7. The van der Waals surface area contributed by atoms with Crippen LogP contribution in [0.15, 0.2) is 82.1 Å². The molecule has 0 aliphatic carbocycles. The van der Waals surface area contributed by atoms with Gasteiger partial charge in [0.1, 0.15) is 11.4 Å². The molecule has 150 valence electrons. The van der Waals surface area contributed by atoms with E-state index in [0.717, 1.165) is 11.1 Å². The summed E-state index contributed by atoms with van der Waals surface area (Å²) in [5, 5.41) is 13.2. The van der Waals surface area contributed by atoms with E-state index in [1.54, 1.807) is 12.1 Å². The summed E-state index contributed by atoms with van der Waals surface area (Å²) in [6, 6.07) is 21.5. The Morgan fingerprint density at radius 2 is 1.80 bits per heavy atom. The Kier molecular flexibility index (Phi) is 5.79. The zero-order chi connectivity index (χ0) is 21.1. The maximum Gasteiger partial charge on any atom is 0.231 e. The van der Waals surface area contributed by atoms with E-state index in [1.807, 2.05) is 54.6 Å². The highest BCUT2D eigenvalue weighted by Crippen LogP contribution is 2.36. The molecule has 5 nitrogen and oxygen atoms in total. The molecule has 2 N–H and O–H groups in total. The van der Waals surface area contributed by atoms with Crippen LogP contribution in [0.4, 0.5) is 5.88 Å². The molecule has 7 heteroatoms. The summed E-state index contributed by atoms with van der Waals surface area (Å²) < 4.78 is 5.91. The quantitative estimate of drug-likeness (QED) is 0.344. The Hall–Kier alpha value is -3.22. The van der Waals surface area contributed by atoms with E-state index in [9.17, 15) is 9.90 Å². The third-order valence-corrected chi connectivity index (χ3v) is 5.08. The summed E-state index contributed by atoms with van der Waals surface area (Å²) in [6.07, 6.45) is -0.0493. The first kappa shape index (κ1) is 20.1. The van der Waals surface area contributed by atoms with Gasteiger partial charge in [0, 0.05) is 26.6 Å². The van der Waals surface area contributed by atoms with Crippen molar-refractivity contribution in [3.8, 4) is 28.5 Å². The largest absolute Gasteiger partial charge is 0.508 e. The van der Waals surface area contributed by atoms with Crippen LogP contribution in [0.5, 0.6) is 5.75 Å². The number of hydrogen-bond acceptors (Lipinski definition) is 5. The van der Waals surface area contributed by atoms with Gasteiger partial charge in [-0.05, 0) is 30.3 Å². The third-order valence-electron chi connectivity index (χ3n) is 4.46. The van der Waals surface area contributed by atoms with Gasteiger partial charge in [-0.2, -0.15) is 0 Å². The molecule has 0 atom stereocenters. The Morgan fingerprint density at radius 1 is 1.07 bits per heavy atom. The number of thiol groups is 1. The molecule has 0 radical (unpaired) electrons. The monoisotopic (exact) mass is 436 g/mol. The second kappa shape index (κ2) is 8.65. The molecule has 0 saturated carbocycles. The standard InChI is InChI=1S/C23H17ClN2O3S/c24-16-11-10-15(18(27)13-16)12-20(28)25-23-21(17-8-4-5-9-19(17)30)26-22(29-23)14-6-2-1-3-7-14/h1-11,13,27,30H,12H2,(H,25,28). The van der Waals surface area contributed by atoms with Gasteiger partial charge in [-0.25, -0.2) is 4.98 Å². The second-order valence-corrected chi connectivity index (χ2v) is 7.50. The van der Waals surface area contributed by atoms with Crippen molar-refractivity contribution in [3.05, 3.63) is 83.4 Å². The van der Waals surface area contributed by atoms with Gasteiger partial charge in [-0.3, -0.25) is 10.1 Å². The number of aromatic nitrogens is 1. The van der Waals surface area contributed by atoms with Crippen molar-refractivity contribution in [3.63, 3.8) is 0 Å². The molecule has 0 aliphatic rings. The zero-order valence-electron chi connectivity index (χ0n) is 15.7. The number of anilines is 1. The first-order chi connectivity index (χ1) is 14.5. The fourth-order valence-corrected chi connectivity index (χ4v) is 3.43. The van der Waals surface area contributed by atoms with Crippen molar-refractivity contribution in [1.29, 1.82) is 0 Å². The van der Waals surface area contributed by atoms with Crippen LogP contribution in [-0.2, 0) is 11.2 Å². The SMILES string of the molecule is O=C(Cc1ccc(Cl)cc1O)Nc1oc(-c2ccccc2)nc1-c1ccccc1S. The number of halogens is 1. The van der Waals surface area contributed by atoms with Crippen molar-refractivity contribution in [2.24, 2.45) is 0 Å². The summed E-state index contributed by atoms with van der Waals surface area (Å²) in [7, 11) is 0. The van der Waals surface area contributed by atoms with E-state index in [-0.39, 0.29) is 24.0 Å². The highest BCUT2D eigenvalue weighted by molar-refractivity contribution is 7.80. The first-order valence-corrected chi connectivity index (χ1v) is 9.95. The van der Waals surface area contributed by atoms with Crippen LogP contribution in [0.25, 0.3) is 22.7 Å². The van der Waals surface area contributed by atoms with Gasteiger partial charge in [0.25, 0.3) is 0 Å². The van der Waals surface area contributed by atoms with E-state index in [1.165, 1.54) is 6.07 Å². The van der Waals surface area contributed by atoms with E-state index >= 15 is 0 Å². The van der Waals surface area contributed by atoms with Crippen LogP contribution in [0.3, 0.4) is 0 Å². The van der Waals surface area contributed by atoms with Crippen LogP contribution < -0.4 is 5.32 Å². The minimum atomic E-state index is -0.360. The molecule has 0 bridgehead atoms. The molecule has 4 rings (SSSR count). The van der Waals surface area contributed by atoms with Gasteiger partial charge in [0.2, 0.25) is 17.7 Å². The number of rotatable bonds is 5. The molecule has 1 aromatic heterocycles. The van der Waals surface area contributed by atoms with E-state index < -0.39 is 0 Å². The van der Waals surface area contributed by atoms with Crippen molar-refractivity contribution in [2.45, 2.75) is 11.3 Å². The molecule has 0 unspecified atom stereocenters. The zero-order valence-corrected chi connectivity index (χ0v) is 17.3. The Bertz CT molecular complexity index is 1210. The first-order valence-electron chi connectivity index (χ1n) is 9.13. The molecule has 3 aromatic carbocycles. The summed E-state index contributed by atoms with van der Waals surface area (Å²) >= 11 is 10.4. The van der Waals surface area contributed by atoms with Gasteiger partial charge in [-0.15, -0.1) is 12.6 Å². The topological polar surface area (TPSA) is 75.4 Å². The number of benzene rings is 3. The minimum Gasteiger partial charge on any atom is -0.508 e. The number of carbonyl (C=O) groups excluding carboxylic acids is 1. The van der Waals surface area contributed by atoms with Crippen molar-refractivity contribution < 1.29 is 14.3 Å². The van der Waals surface area contributed by atoms with Crippen LogP contribution in [0.2, 0.25) is 5.02 Å². The molecule has 0 saturated heterocycles. The van der Waals surface area contributed by atoms with Gasteiger partial charge in [-0.1, -0.05) is 54.1 Å². The molecule has 1 amide bonds. The molecule has 0 fully saturated rings. The van der Waals surface area contributed by atoms with E-state index in [4.69, 9.17) is 16.0 Å². The highest BCUT2D eigenvalue weighted by atomic mass is 35.5. The van der Waals surface area contributed by atoms with Crippen molar-refractivity contribution in [2.75, 3.05) is 5.32 Å². The molecular weight excluding hydrogens is 420 g/mol. The number of aromatic hydroxyl groups is 1. The van der Waals surface area contributed by atoms with E-state index in [2.05, 4.69) is 22.9 Å². The summed E-state index contributed by atoms with van der Waals surface area (Å²) in [6.45, 7) is 0. The van der Waals surface area contributed by atoms with Crippen molar-refractivity contribution in [1.82, 2.24) is 4.98 Å². The van der Waals surface area contributed by atoms with Gasteiger partial charge >= 0.3 is 0 Å². The molecular formula is C23H17ClN2O3S. The Balaban J connectivity index is 1.68. The maximum atomic E-state index is 12.7. The van der Waals surface area contributed by atoms with Crippen LogP contribution in [0.1, 0.15) is 5.56 Å². The summed E-state index contributed by atoms with van der Waals surface area (Å²) in [5.41, 5.74) is 2.45. The van der Waals surface area contributed by atoms with E-state index in [0.29, 0.717) is 27.1 Å². The fourth-order valence-electron chi connectivity index (χ4n) is 3.00. The Morgan fingerprint density at radius 3 is 2.53 bits per heavy atom. The van der Waals surface area contributed by atoms with Gasteiger partial charge in [0.05, 0.1) is 6.42 Å². The summed E-state index contributed by atoms with van der Waals surface area (Å²) in [5.74, 6) is 0.197. The Labute approximate surface area is 183 Å². The number of amides is 1. The molecule has 1 heterocycles. The average molecular weight is 437 g/mol. The van der Waals surface area contributed by atoms with Crippen LogP contribution >= 0.6 is 24.2 Å². The highest BCUT2D eigenvalue weighted by Gasteiger charge is 2.20. The number of nitrogens with one attached hydrogen (secondary N) is 1. The molecule has 4 aromatic rings. The molecule has 0 aliphatic heterocycles. The lowest BCUT2D eigenvalue weighted by Gasteiger charge is -2.07. The summed E-state index contributed by atoms with van der Waals surface area (Å²) in [4.78, 5) is 18.0. The van der Waals surface area contributed by atoms with Gasteiger partial charge < -0.3 is 9.52 Å². The van der Waals surface area contributed by atoms with Crippen LogP contribution in [0, 0.1) is 0 Å². The fraction of sp³-hybridized carbons (Fsp3) is 0.0435. The van der Waals surface area contributed by atoms with Crippen molar-refractivity contribution >= 4 is 36.0 Å². The lowest BCUT2D eigenvalue weighted by molar-refractivity contribution is -0.115. The molecule has 0 spiro atoms. The number of oxazole rings is 1. The lowest BCUT2D eigenvalue weighted by Crippen LogP contribution is -2.14. The van der Waals surface area contributed by atoms with Gasteiger partial charge in [0.15, 0.2) is 0 Å². The third kappa shape index (κ3) is 4.35. The lowest BCUT2D eigenvalue weighted by atomic mass is 10.1. The minimum absolute atomic E-state index is 0.0406. The van der Waals surface area contributed by atoms with Crippen LogP contribution in [-0.4, -0.2) is 16.0 Å². The smallest absolute Gasteiger partial charge is 0.231 e. The normalized spacial score (nSPS) is 10.7. The molecule has 30 heavy (non-hydrogen) atoms. The number of carbonyl (C=O) groups is 1. The second-order valence-electron chi connectivity index (χ2n) is 6.58. The number of phenolic OH excluding ortho intramolecular Hbond substituents is 1. The average Bonchev–Trinajstić information content (AvgIpc) is 3.14. The number of phenols is 1. The number of nitrogens with zero attached hydrogens (tertiary/aromatic N) is 1. The predicted octanol–water partition coefficient (Wildman–Crippen LogP) is 5.84. The number of hydrogen-bond donors (Lipinski definition) is 3.